The van der Waals surface area contributed by atoms with Crippen LogP contribution in [0.25, 0.3) is 0 Å². The SMILES string of the molecule is COc1cccc(NC(=O)NCCCOc2ccccc2)c1. The van der Waals surface area contributed by atoms with Crippen LogP contribution >= 0.6 is 0 Å². The van der Waals surface area contributed by atoms with E-state index in [-0.39, 0.29) is 6.03 Å². The number of carbonyl (C=O) groups is 1. The Kier molecular flexibility index (Phi) is 6.11. The van der Waals surface area contributed by atoms with E-state index in [2.05, 4.69) is 10.6 Å². The van der Waals surface area contributed by atoms with Crippen molar-refractivity contribution < 1.29 is 14.3 Å². The summed E-state index contributed by atoms with van der Waals surface area (Å²) in [5.41, 5.74) is 0.692. The first-order chi connectivity index (χ1) is 10.8. The fourth-order valence-corrected chi connectivity index (χ4v) is 1.86. The van der Waals surface area contributed by atoms with Gasteiger partial charge in [0.15, 0.2) is 0 Å². The van der Waals surface area contributed by atoms with Crippen LogP contribution in [0.3, 0.4) is 0 Å². The second kappa shape index (κ2) is 8.56. The number of hydrogen-bond acceptors (Lipinski definition) is 3. The third kappa shape index (κ3) is 5.36. The van der Waals surface area contributed by atoms with Crippen LogP contribution in [0.4, 0.5) is 10.5 Å². The molecule has 2 amide bonds. The molecule has 0 saturated heterocycles. The number of para-hydroxylation sites is 1. The van der Waals surface area contributed by atoms with Gasteiger partial charge in [0.05, 0.1) is 13.7 Å². The predicted octanol–water partition coefficient (Wildman–Crippen LogP) is 3.29. The normalized spacial score (nSPS) is 9.86. The van der Waals surface area contributed by atoms with Gasteiger partial charge < -0.3 is 20.1 Å². The van der Waals surface area contributed by atoms with Crippen molar-refractivity contribution >= 4 is 11.7 Å². The van der Waals surface area contributed by atoms with Gasteiger partial charge in [-0.25, -0.2) is 4.79 Å². The van der Waals surface area contributed by atoms with E-state index in [1.807, 2.05) is 42.5 Å². The lowest BCUT2D eigenvalue weighted by atomic mass is 10.3. The van der Waals surface area contributed by atoms with E-state index in [0.29, 0.717) is 24.6 Å². The third-order valence-electron chi connectivity index (χ3n) is 2.95. The minimum absolute atomic E-state index is 0.243. The van der Waals surface area contributed by atoms with E-state index in [4.69, 9.17) is 9.47 Å². The summed E-state index contributed by atoms with van der Waals surface area (Å²) in [6, 6.07) is 16.6. The third-order valence-corrected chi connectivity index (χ3v) is 2.95. The Bertz CT molecular complexity index is 587. The Morgan fingerprint density at radius 3 is 2.59 bits per heavy atom. The predicted molar refractivity (Wildman–Crippen MR) is 86.6 cm³/mol. The molecule has 22 heavy (non-hydrogen) atoms. The summed E-state index contributed by atoms with van der Waals surface area (Å²) in [4.78, 5) is 11.7. The number of anilines is 1. The molecule has 0 spiro atoms. The molecule has 5 heteroatoms. The lowest BCUT2D eigenvalue weighted by molar-refractivity contribution is 0.250. The lowest BCUT2D eigenvalue weighted by Gasteiger charge is -2.09. The van der Waals surface area contributed by atoms with Crippen LogP contribution in [0.5, 0.6) is 11.5 Å². The van der Waals surface area contributed by atoms with E-state index in [1.165, 1.54) is 0 Å². The van der Waals surface area contributed by atoms with Crippen molar-refractivity contribution in [2.24, 2.45) is 0 Å². The standard InChI is InChI=1S/C17H20N2O3/c1-21-16-10-5-7-14(13-16)19-17(20)18-11-6-12-22-15-8-3-2-4-9-15/h2-5,7-10,13H,6,11-12H2,1H3,(H2,18,19,20). The number of urea groups is 1. The van der Waals surface area contributed by atoms with Crippen molar-refractivity contribution in [1.29, 1.82) is 0 Å². The zero-order chi connectivity index (χ0) is 15.6. The molecule has 2 rings (SSSR count). The Balaban J connectivity index is 1.63. The first-order valence-corrected chi connectivity index (χ1v) is 7.14. The molecule has 0 saturated carbocycles. The van der Waals surface area contributed by atoms with Crippen LogP contribution in [0, 0.1) is 0 Å². The van der Waals surface area contributed by atoms with E-state index in [9.17, 15) is 4.79 Å². The molecule has 0 heterocycles. The summed E-state index contributed by atoms with van der Waals surface area (Å²) < 4.78 is 10.7. The number of hydrogen-bond donors (Lipinski definition) is 2. The molecule has 0 radical (unpaired) electrons. The van der Waals surface area contributed by atoms with E-state index < -0.39 is 0 Å². The highest BCUT2D eigenvalue weighted by molar-refractivity contribution is 5.89. The first-order valence-electron chi connectivity index (χ1n) is 7.14. The number of carbonyl (C=O) groups excluding carboxylic acids is 1. The highest BCUT2D eigenvalue weighted by atomic mass is 16.5. The van der Waals surface area contributed by atoms with Crippen LogP contribution in [-0.4, -0.2) is 26.3 Å². The number of amides is 2. The molecule has 0 atom stereocenters. The van der Waals surface area contributed by atoms with Gasteiger partial charge in [-0.3, -0.25) is 0 Å². The van der Waals surface area contributed by atoms with Gasteiger partial charge in [-0.1, -0.05) is 24.3 Å². The topological polar surface area (TPSA) is 59.6 Å². The fourth-order valence-electron chi connectivity index (χ4n) is 1.86. The van der Waals surface area contributed by atoms with Gasteiger partial charge in [-0.15, -0.1) is 0 Å². The van der Waals surface area contributed by atoms with Gasteiger partial charge in [0.1, 0.15) is 11.5 Å². The number of benzene rings is 2. The Labute approximate surface area is 130 Å². The minimum Gasteiger partial charge on any atom is -0.497 e. The van der Waals surface area contributed by atoms with E-state index in [0.717, 1.165) is 12.2 Å². The zero-order valence-electron chi connectivity index (χ0n) is 12.5. The summed E-state index contributed by atoms with van der Waals surface area (Å²) in [6.07, 6.45) is 0.737. The number of ether oxygens (including phenoxy) is 2. The summed E-state index contributed by atoms with van der Waals surface area (Å²) in [5.74, 6) is 1.54. The number of nitrogens with one attached hydrogen (secondary N) is 2. The highest BCUT2D eigenvalue weighted by Crippen LogP contribution is 2.16. The van der Waals surface area contributed by atoms with Gasteiger partial charge in [0, 0.05) is 18.3 Å². The van der Waals surface area contributed by atoms with Gasteiger partial charge in [0.25, 0.3) is 0 Å². The van der Waals surface area contributed by atoms with Crippen molar-refractivity contribution in [3.63, 3.8) is 0 Å². The molecule has 0 aliphatic carbocycles. The van der Waals surface area contributed by atoms with Crippen molar-refractivity contribution in [3.05, 3.63) is 54.6 Å². The molecule has 0 unspecified atom stereocenters. The first kappa shape index (κ1) is 15.7. The van der Waals surface area contributed by atoms with Gasteiger partial charge in [-0.2, -0.15) is 0 Å². The van der Waals surface area contributed by atoms with E-state index in [1.54, 1.807) is 19.2 Å². The van der Waals surface area contributed by atoms with Crippen molar-refractivity contribution in [1.82, 2.24) is 5.32 Å². The lowest BCUT2D eigenvalue weighted by Crippen LogP contribution is -2.30. The molecule has 2 aromatic rings. The molecule has 116 valence electrons. The maximum Gasteiger partial charge on any atom is 0.319 e. The zero-order valence-corrected chi connectivity index (χ0v) is 12.5. The number of methoxy groups -OCH3 is 1. The van der Waals surface area contributed by atoms with Crippen molar-refractivity contribution in [2.75, 3.05) is 25.6 Å². The molecule has 2 N–H and O–H groups in total. The average molecular weight is 300 g/mol. The van der Waals surface area contributed by atoms with E-state index >= 15 is 0 Å². The quantitative estimate of drug-likeness (QED) is 0.771. The van der Waals surface area contributed by atoms with Crippen molar-refractivity contribution in [2.45, 2.75) is 6.42 Å². The van der Waals surface area contributed by atoms with Gasteiger partial charge in [0.2, 0.25) is 0 Å². The largest absolute Gasteiger partial charge is 0.497 e. The summed E-state index contributed by atoms with van der Waals surface area (Å²) >= 11 is 0. The highest BCUT2D eigenvalue weighted by Gasteiger charge is 2.02. The molecule has 0 aromatic heterocycles. The summed E-state index contributed by atoms with van der Waals surface area (Å²) in [5, 5.41) is 5.54. The van der Waals surface area contributed by atoms with Crippen LogP contribution in [0.2, 0.25) is 0 Å². The molecule has 0 aliphatic heterocycles. The monoisotopic (exact) mass is 300 g/mol. The smallest absolute Gasteiger partial charge is 0.319 e. The summed E-state index contributed by atoms with van der Waals surface area (Å²) in [6.45, 7) is 1.10. The average Bonchev–Trinajstić information content (AvgIpc) is 2.55. The fraction of sp³-hybridized carbons (Fsp3) is 0.235. The Hall–Kier alpha value is -2.69. The second-order valence-corrected chi connectivity index (χ2v) is 4.63. The molecule has 0 bridgehead atoms. The summed E-state index contributed by atoms with van der Waals surface area (Å²) in [7, 11) is 1.59. The Morgan fingerprint density at radius 1 is 1.05 bits per heavy atom. The van der Waals surface area contributed by atoms with Crippen LogP contribution < -0.4 is 20.1 Å². The second-order valence-electron chi connectivity index (χ2n) is 4.63. The molecule has 0 fully saturated rings. The molecular formula is C17H20N2O3. The van der Waals surface area contributed by atoms with Crippen LogP contribution in [0.1, 0.15) is 6.42 Å². The van der Waals surface area contributed by atoms with Crippen molar-refractivity contribution in [3.8, 4) is 11.5 Å². The number of rotatable bonds is 7. The molecule has 2 aromatic carbocycles. The Morgan fingerprint density at radius 2 is 1.82 bits per heavy atom. The maximum atomic E-state index is 11.7. The molecule has 5 nitrogen and oxygen atoms in total. The van der Waals surface area contributed by atoms with Gasteiger partial charge in [-0.05, 0) is 30.7 Å². The maximum absolute atomic E-state index is 11.7. The van der Waals surface area contributed by atoms with Gasteiger partial charge >= 0.3 is 6.03 Å². The van der Waals surface area contributed by atoms with Crippen LogP contribution in [0.15, 0.2) is 54.6 Å². The molecular weight excluding hydrogens is 280 g/mol. The molecule has 0 aliphatic rings. The van der Waals surface area contributed by atoms with Crippen LogP contribution in [-0.2, 0) is 0 Å². The minimum atomic E-state index is -0.243.